The van der Waals surface area contributed by atoms with E-state index in [1.807, 2.05) is 32.9 Å². The molecule has 0 aliphatic rings. The lowest BCUT2D eigenvalue weighted by atomic mass is 10.0. The van der Waals surface area contributed by atoms with Gasteiger partial charge in [0.15, 0.2) is 0 Å². The van der Waals surface area contributed by atoms with Gasteiger partial charge in [-0.05, 0) is 19.1 Å². The first-order valence-electron chi connectivity index (χ1n) is 6.26. The van der Waals surface area contributed by atoms with Crippen LogP contribution in [0.15, 0.2) is 18.3 Å². The van der Waals surface area contributed by atoms with Gasteiger partial charge in [-0.1, -0.05) is 13.8 Å². The van der Waals surface area contributed by atoms with E-state index in [-0.39, 0.29) is 11.7 Å². The van der Waals surface area contributed by atoms with Crippen molar-refractivity contribution in [1.82, 2.24) is 4.98 Å². The summed E-state index contributed by atoms with van der Waals surface area (Å²) in [5.74, 6) is 1.08. The first-order valence-corrected chi connectivity index (χ1v) is 6.26. The summed E-state index contributed by atoms with van der Waals surface area (Å²) in [5, 5.41) is 8.73. The van der Waals surface area contributed by atoms with Crippen LogP contribution in [0.25, 0.3) is 0 Å². The highest BCUT2D eigenvalue weighted by molar-refractivity contribution is 5.80. The summed E-state index contributed by atoms with van der Waals surface area (Å²) in [6.45, 7) is 7.32. The Bertz CT molecular complexity index is 433. The van der Waals surface area contributed by atoms with Gasteiger partial charge in [-0.15, -0.1) is 0 Å². The second-order valence-corrected chi connectivity index (χ2v) is 4.28. The third-order valence-electron chi connectivity index (χ3n) is 2.98. The quantitative estimate of drug-likeness (QED) is 0.772. The number of pyridine rings is 1. The van der Waals surface area contributed by atoms with Crippen LogP contribution in [0.1, 0.15) is 32.8 Å². The predicted molar refractivity (Wildman–Crippen MR) is 71.3 cm³/mol. The number of nitrogens with zero attached hydrogens (tertiary/aromatic N) is 3. The maximum absolute atomic E-state index is 11.6. The minimum Gasteiger partial charge on any atom is -0.356 e. The van der Waals surface area contributed by atoms with E-state index in [4.69, 9.17) is 5.26 Å². The Balaban J connectivity index is 2.76. The van der Waals surface area contributed by atoms with E-state index >= 15 is 0 Å². The SMILES string of the molecule is CCC(=O)C(C)CN(CC)c1ccc(C#N)cn1. The second kappa shape index (κ2) is 6.75. The summed E-state index contributed by atoms with van der Waals surface area (Å²) < 4.78 is 0. The van der Waals surface area contributed by atoms with Crippen molar-refractivity contribution in [3.63, 3.8) is 0 Å². The Labute approximate surface area is 108 Å². The molecule has 4 heteroatoms. The van der Waals surface area contributed by atoms with E-state index in [0.717, 1.165) is 12.4 Å². The zero-order valence-electron chi connectivity index (χ0n) is 11.2. The number of Topliss-reactive ketones (excluding diaryl/α,β-unsaturated/α-hetero) is 1. The average molecular weight is 245 g/mol. The Hall–Kier alpha value is -1.89. The van der Waals surface area contributed by atoms with Crippen LogP contribution in [-0.4, -0.2) is 23.9 Å². The van der Waals surface area contributed by atoms with Crippen molar-refractivity contribution in [3.05, 3.63) is 23.9 Å². The molecular formula is C14H19N3O. The summed E-state index contributed by atoms with van der Waals surface area (Å²) in [6.07, 6.45) is 2.13. The molecular weight excluding hydrogens is 226 g/mol. The topological polar surface area (TPSA) is 57.0 Å². The van der Waals surface area contributed by atoms with Gasteiger partial charge in [-0.3, -0.25) is 4.79 Å². The van der Waals surface area contributed by atoms with Crippen LogP contribution in [0, 0.1) is 17.2 Å². The van der Waals surface area contributed by atoms with E-state index < -0.39 is 0 Å². The lowest BCUT2D eigenvalue weighted by Crippen LogP contribution is -2.32. The molecule has 0 aromatic carbocycles. The molecule has 0 fully saturated rings. The predicted octanol–water partition coefficient (Wildman–Crippen LogP) is 2.39. The molecule has 1 unspecified atom stereocenters. The molecule has 0 bridgehead atoms. The summed E-state index contributed by atoms with van der Waals surface area (Å²) in [7, 11) is 0. The third kappa shape index (κ3) is 3.56. The van der Waals surface area contributed by atoms with Gasteiger partial charge in [0.1, 0.15) is 17.7 Å². The van der Waals surface area contributed by atoms with Crippen molar-refractivity contribution in [1.29, 1.82) is 5.26 Å². The molecule has 18 heavy (non-hydrogen) atoms. The number of nitriles is 1. The summed E-state index contributed by atoms with van der Waals surface area (Å²) in [6, 6.07) is 5.62. The Morgan fingerprint density at radius 3 is 2.67 bits per heavy atom. The van der Waals surface area contributed by atoms with Gasteiger partial charge >= 0.3 is 0 Å². The van der Waals surface area contributed by atoms with Crippen molar-refractivity contribution in [2.45, 2.75) is 27.2 Å². The van der Waals surface area contributed by atoms with E-state index in [0.29, 0.717) is 18.5 Å². The summed E-state index contributed by atoms with van der Waals surface area (Å²) in [5.41, 5.74) is 0.549. The van der Waals surface area contributed by atoms with Gasteiger partial charge < -0.3 is 4.90 Å². The average Bonchev–Trinajstić information content (AvgIpc) is 2.43. The maximum atomic E-state index is 11.6. The van der Waals surface area contributed by atoms with Gasteiger partial charge in [-0.25, -0.2) is 4.98 Å². The van der Waals surface area contributed by atoms with E-state index in [2.05, 4.69) is 9.88 Å². The number of carbonyl (C=O) groups is 1. The van der Waals surface area contributed by atoms with Crippen LogP contribution in [0.2, 0.25) is 0 Å². The lowest BCUT2D eigenvalue weighted by Gasteiger charge is -2.24. The highest BCUT2D eigenvalue weighted by Gasteiger charge is 2.15. The minimum absolute atomic E-state index is 0.00685. The van der Waals surface area contributed by atoms with Crippen molar-refractivity contribution in [2.24, 2.45) is 5.92 Å². The minimum atomic E-state index is 0.00685. The van der Waals surface area contributed by atoms with E-state index in [1.165, 1.54) is 0 Å². The zero-order valence-corrected chi connectivity index (χ0v) is 11.2. The fourth-order valence-electron chi connectivity index (χ4n) is 1.80. The molecule has 0 radical (unpaired) electrons. The normalized spacial score (nSPS) is 11.7. The van der Waals surface area contributed by atoms with Crippen molar-refractivity contribution < 1.29 is 4.79 Å². The van der Waals surface area contributed by atoms with Crippen LogP contribution in [0.4, 0.5) is 5.82 Å². The highest BCUT2D eigenvalue weighted by atomic mass is 16.1. The Morgan fingerprint density at radius 2 is 2.22 bits per heavy atom. The fraction of sp³-hybridized carbons (Fsp3) is 0.500. The molecule has 0 aliphatic heterocycles. The monoisotopic (exact) mass is 245 g/mol. The number of hydrogen-bond acceptors (Lipinski definition) is 4. The first kappa shape index (κ1) is 14.2. The maximum Gasteiger partial charge on any atom is 0.137 e. The molecule has 1 heterocycles. The van der Waals surface area contributed by atoms with E-state index in [9.17, 15) is 4.79 Å². The molecule has 0 saturated heterocycles. The second-order valence-electron chi connectivity index (χ2n) is 4.28. The number of ketones is 1. The van der Waals surface area contributed by atoms with Crippen LogP contribution in [0.3, 0.4) is 0 Å². The zero-order chi connectivity index (χ0) is 13.5. The number of anilines is 1. The highest BCUT2D eigenvalue weighted by Crippen LogP contribution is 2.14. The molecule has 96 valence electrons. The molecule has 1 aromatic rings. The Morgan fingerprint density at radius 1 is 1.50 bits per heavy atom. The number of hydrogen-bond donors (Lipinski definition) is 0. The molecule has 1 aromatic heterocycles. The summed E-state index contributed by atoms with van der Waals surface area (Å²) in [4.78, 5) is 17.9. The van der Waals surface area contributed by atoms with Gasteiger partial charge in [0.05, 0.1) is 5.56 Å². The molecule has 0 N–H and O–H groups in total. The van der Waals surface area contributed by atoms with Crippen molar-refractivity contribution in [2.75, 3.05) is 18.0 Å². The van der Waals surface area contributed by atoms with Crippen LogP contribution >= 0.6 is 0 Å². The summed E-state index contributed by atoms with van der Waals surface area (Å²) >= 11 is 0. The smallest absolute Gasteiger partial charge is 0.137 e. The molecule has 1 rings (SSSR count). The number of rotatable bonds is 6. The third-order valence-corrected chi connectivity index (χ3v) is 2.98. The largest absolute Gasteiger partial charge is 0.356 e. The molecule has 0 spiro atoms. The first-order chi connectivity index (χ1) is 8.62. The van der Waals surface area contributed by atoms with Crippen LogP contribution in [-0.2, 0) is 4.79 Å². The molecule has 0 amide bonds. The molecule has 0 aliphatic carbocycles. The van der Waals surface area contributed by atoms with Crippen LogP contribution < -0.4 is 4.90 Å². The van der Waals surface area contributed by atoms with Gasteiger partial charge in [0, 0.05) is 31.6 Å². The lowest BCUT2D eigenvalue weighted by molar-refractivity contribution is -0.121. The standard InChI is InChI=1S/C14H19N3O/c1-4-13(18)11(3)10-17(5-2)14-7-6-12(8-15)9-16-14/h6-7,9,11H,4-5,10H2,1-3H3. The number of carbonyl (C=O) groups excluding carboxylic acids is 1. The van der Waals surface area contributed by atoms with Crippen molar-refractivity contribution >= 4 is 11.6 Å². The fourth-order valence-corrected chi connectivity index (χ4v) is 1.80. The van der Waals surface area contributed by atoms with Crippen LogP contribution in [0.5, 0.6) is 0 Å². The molecule has 1 atom stereocenters. The molecule has 0 saturated carbocycles. The van der Waals surface area contributed by atoms with Gasteiger partial charge in [-0.2, -0.15) is 5.26 Å². The van der Waals surface area contributed by atoms with E-state index in [1.54, 1.807) is 12.3 Å². The Kier molecular flexibility index (Phi) is 5.31. The van der Waals surface area contributed by atoms with Crippen molar-refractivity contribution in [3.8, 4) is 6.07 Å². The van der Waals surface area contributed by atoms with Gasteiger partial charge in [0.25, 0.3) is 0 Å². The van der Waals surface area contributed by atoms with Gasteiger partial charge in [0.2, 0.25) is 0 Å². The molecule has 4 nitrogen and oxygen atoms in total. The number of aromatic nitrogens is 1.